The van der Waals surface area contributed by atoms with Gasteiger partial charge in [-0.3, -0.25) is 0 Å². The molecule has 32 heavy (non-hydrogen) atoms. The molecule has 2 aromatic carbocycles. The van der Waals surface area contributed by atoms with Crippen LogP contribution < -0.4 is 0 Å². The summed E-state index contributed by atoms with van der Waals surface area (Å²) in [5.74, 6) is 0. The molecule has 0 aromatic heterocycles. The van der Waals surface area contributed by atoms with E-state index >= 15 is 0 Å². The Morgan fingerprint density at radius 2 is 0.781 bits per heavy atom. The van der Waals surface area contributed by atoms with Gasteiger partial charge in [-0.1, -0.05) is 103 Å². The van der Waals surface area contributed by atoms with Crippen LogP contribution in [0.4, 0.5) is 0 Å². The van der Waals surface area contributed by atoms with Crippen LogP contribution >= 0.6 is 9.30 Å². The van der Waals surface area contributed by atoms with E-state index in [1.54, 1.807) is 0 Å². The summed E-state index contributed by atoms with van der Waals surface area (Å²) >= 11 is 1.47. The van der Waals surface area contributed by atoms with Crippen molar-refractivity contribution in [3.8, 4) is 0 Å². The SMILES string of the molecule is [CH2-]CCCCCCCCCCCCCCCCC.[Cl][Ti+3].[c-]1ccccc1.[c-]1ccccc1. The fraction of sp³-hybridized carbons (Fsp3) is 0.567. The molecule has 2 heteroatoms. The molecule has 0 atom stereocenters. The van der Waals surface area contributed by atoms with E-state index < -0.39 is 0 Å². The molecule has 0 saturated heterocycles. The van der Waals surface area contributed by atoms with Crippen molar-refractivity contribution in [2.24, 2.45) is 0 Å². The van der Waals surface area contributed by atoms with Crippen LogP contribution in [0.15, 0.2) is 60.7 Å². The molecule has 0 heterocycles. The molecule has 178 valence electrons. The minimum Gasteiger partial charge on any atom is -0.184 e. The van der Waals surface area contributed by atoms with E-state index in [1.165, 1.54) is 116 Å². The number of rotatable bonds is 15. The van der Waals surface area contributed by atoms with Crippen LogP contribution in [0.2, 0.25) is 0 Å². The molecular formula is C30H47ClTi. The van der Waals surface area contributed by atoms with E-state index in [0.29, 0.717) is 0 Å². The summed E-state index contributed by atoms with van der Waals surface area (Å²) in [5.41, 5.74) is 0. The van der Waals surface area contributed by atoms with Gasteiger partial charge in [0.15, 0.2) is 0 Å². The van der Waals surface area contributed by atoms with Crippen LogP contribution in [0.1, 0.15) is 110 Å². The van der Waals surface area contributed by atoms with Gasteiger partial charge in [0.2, 0.25) is 0 Å². The Kier molecular flexibility index (Phi) is 36.8. The Labute approximate surface area is 217 Å². The van der Waals surface area contributed by atoms with E-state index in [1.807, 2.05) is 60.7 Å². The molecule has 0 aliphatic heterocycles. The van der Waals surface area contributed by atoms with Crippen molar-refractivity contribution >= 4 is 9.30 Å². The van der Waals surface area contributed by atoms with Gasteiger partial charge in [-0.05, 0) is 0 Å². The van der Waals surface area contributed by atoms with Crippen molar-refractivity contribution in [3.63, 3.8) is 0 Å². The van der Waals surface area contributed by atoms with Gasteiger partial charge in [0.25, 0.3) is 0 Å². The Morgan fingerprint density at radius 1 is 0.500 bits per heavy atom. The van der Waals surface area contributed by atoms with Gasteiger partial charge in [-0.2, -0.15) is 79.2 Å². The molecule has 0 amide bonds. The van der Waals surface area contributed by atoms with E-state index in [0.717, 1.165) is 6.42 Å². The van der Waals surface area contributed by atoms with Gasteiger partial charge in [0.1, 0.15) is 0 Å². The van der Waals surface area contributed by atoms with Crippen LogP contribution in [0, 0.1) is 19.1 Å². The van der Waals surface area contributed by atoms with Crippen LogP contribution in [0.3, 0.4) is 0 Å². The third-order valence-electron chi connectivity index (χ3n) is 5.07. The maximum atomic E-state index is 4.64. The summed E-state index contributed by atoms with van der Waals surface area (Å²) in [6, 6.07) is 25.0. The molecule has 2 rings (SSSR count). The first-order valence-electron chi connectivity index (χ1n) is 12.7. The maximum absolute atomic E-state index is 4.64. The second-order valence-electron chi connectivity index (χ2n) is 7.96. The molecule has 0 spiro atoms. The van der Waals surface area contributed by atoms with Crippen LogP contribution in [-0.2, 0) is 19.4 Å². The average molecular weight is 491 g/mol. The molecule has 0 saturated carbocycles. The second kappa shape index (κ2) is 35.0. The topological polar surface area (TPSA) is 0 Å². The molecule has 0 N–H and O–H groups in total. The first kappa shape index (κ1) is 33.6. The molecule has 0 aliphatic rings. The van der Waals surface area contributed by atoms with Gasteiger partial charge in [0, 0.05) is 0 Å². The van der Waals surface area contributed by atoms with Crippen molar-refractivity contribution in [2.45, 2.75) is 110 Å². The standard InChI is InChI=1S/C18H37.2C6H5.ClH.Ti/c1-3-5-7-9-11-13-15-17-18-16-14-12-10-8-6-4-2;2*1-2-4-6-5-3-1;;/h1,3-18H2,2H3;2*1-5H;1H;/q3*-1;;+4/p-1. The molecule has 2 aromatic rings. The summed E-state index contributed by atoms with van der Waals surface area (Å²) in [7, 11) is 4.64. The smallest absolute Gasteiger partial charge is 0.171 e. The van der Waals surface area contributed by atoms with Crippen LogP contribution in [0.5, 0.6) is 0 Å². The monoisotopic (exact) mass is 490 g/mol. The van der Waals surface area contributed by atoms with Crippen molar-refractivity contribution in [1.29, 1.82) is 0 Å². The molecular weight excluding hydrogens is 444 g/mol. The predicted octanol–water partition coefficient (Wildman–Crippen LogP) is 10.7. The van der Waals surface area contributed by atoms with Crippen LogP contribution in [-0.4, -0.2) is 0 Å². The second-order valence-corrected chi connectivity index (χ2v) is 7.96. The normalized spacial score (nSPS) is 9.41. The van der Waals surface area contributed by atoms with E-state index in [-0.39, 0.29) is 0 Å². The van der Waals surface area contributed by atoms with Gasteiger partial charge in [-0.15, -0.1) is 0 Å². The molecule has 0 aliphatic carbocycles. The van der Waals surface area contributed by atoms with E-state index in [9.17, 15) is 0 Å². The molecule has 0 radical (unpaired) electrons. The van der Waals surface area contributed by atoms with Crippen molar-refractivity contribution < 1.29 is 19.4 Å². The summed E-state index contributed by atoms with van der Waals surface area (Å²) in [6.07, 6.45) is 22.8. The summed E-state index contributed by atoms with van der Waals surface area (Å²) in [5, 5.41) is 0. The van der Waals surface area contributed by atoms with Crippen molar-refractivity contribution in [3.05, 3.63) is 79.7 Å². The van der Waals surface area contributed by atoms with E-state index in [2.05, 4.69) is 35.3 Å². The molecule has 0 bridgehead atoms. The third kappa shape index (κ3) is 34.1. The number of hydrogen-bond acceptors (Lipinski definition) is 0. The molecule has 0 unspecified atom stereocenters. The van der Waals surface area contributed by atoms with Gasteiger partial charge in [-0.25, -0.2) is 0 Å². The summed E-state index contributed by atoms with van der Waals surface area (Å²) in [6.45, 7) is 6.18. The Hall–Kier alpha value is -0.556. The van der Waals surface area contributed by atoms with Crippen molar-refractivity contribution in [1.82, 2.24) is 0 Å². The minimum atomic E-state index is 1.12. The predicted molar refractivity (Wildman–Crippen MR) is 141 cm³/mol. The first-order valence-corrected chi connectivity index (χ1v) is 14.9. The fourth-order valence-corrected chi connectivity index (χ4v) is 3.23. The fourth-order valence-electron chi connectivity index (χ4n) is 3.23. The zero-order chi connectivity index (χ0) is 23.8. The summed E-state index contributed by atoms with van der Waals surface area (Å²) in [4.78, 5) is 0. The van der Waals surface area contributed by atoms with Crippen molar-refractivity contribution in [2.75, 3.05) is 0 Å². The average Bonchev–Trinajstić information content (AvgIpc) is 2.88. The maximum Gasteiger partial charge on any atom is -0.171 e. The Balaban J connectivity index is 0. The number of halogens is 1. The Bertz CT molecular complexity index is 388. The minimum absolute atomic E-state index is 1.12. The molecule has 0 nitrogen and oxygen atoms in total. The Morgan fingerprint density at radius 3 is 0.969 bits per heavy atom. The third-order valence-corrected chi connectivity index (χ3v) is 5.07. The quantitative estimate of drug-likeness (QED) is 0.132. The van der Waals surface area contributed by atoms with Crippen LogP contribution in [0.25, 0.3) is 0 Å². The van der Waals surface area contributed by atoms with Gasteiger partial charge < -0.3 is 6.92 Å². The number of hydrogen-bond donors (Lipinski definition) is 0. The summed E-state index contributed by atoms with van der Waals surface area (Å²) < 4.78 is 0. The van der Waals surface area contributed by atoms with E-state index in [4.69, 9.17) is 0 Å². The number of unbranched alkanes of at least 4 members (excludes halogenated alkanes) is 15. The molecule has 0 fully saturated rings. The number of benzene rings is 2. The van der Waals surface area contributed by atoms with Gasteiger partial charge in [0.05, 0.1) is 0 Å². The first-order chi connectivity index (χ1) is 15.9. The zero-order valence-corrected chi connectivity index (χ0v) is 23.0. The van der Waals surface area contributed by atoms with Gasteiger partial charge >= 0.3 is 28.7 Å². The zero-order valence-electron chi connectivity index (χ0n) is 20.7. The largest absolute Gasteiger partial charge is 0.184 e.